The Morgan fingerprint density at radius 3 is 2.24 bits per heavy atom. The van der Waals surface area contributed by atoms with Gasteiger partial charge in [-0.1, -0.05) is 11.6 Å². The van der Waals surface area contributed by atoms with E-state index < -0.39 is 9.84 Å². The Bertz CT molecular complexity index is 747. The summed E-state index contributed by atoms with van der Waals surface area (Å²) in [6.07, 6.45) is 0. The van der Waals surface area contributed by atoms with Crippen molar-refractivity contribution < 1.29 is 13.2 Å². The van der Waals surface area contributed by atoms with Crippen molar-refractivity contribution in [2.24, 2.45) is 0 Å². The van der Waals surface area contributed by atoms with Crippen molar-refractivity contribution >= 4 is 21.4 Å². The van der Waals surface area contributed by atoms with E-state index in [4.69, 9.17) is 21.6 Å². The maximum atomic E-state index is 12.1. The largest absolute Gasteiger partial charge is 0.493 e. The topological polar surface area (TPSA) is 67.2 Å². The Morgan fingerprint density at radius 2 is 1.67 bits per heavy atom. The van der Waals surface area contributed by atoms with Gasteiger partial charge in [-0.25, -0.2) is 8.42 Å². The summed E-state index contributed by atoms with van der Waals surface area (Å²) in [5.74, 6) is 0.427. The molecule has 21 heavy (non-hydrogen) atoms. The quantitative estimate of drug-likeness (QED) is 0.848. The Morgan fingerprint density at radius 1 is 1.05 bits per heavy atom. The first kappa shape index (κ1) is 15.4. The number of nitrogens with zero attached hydrogens (tertiary/aromatic N) is 1. The van der Waals surface area contributed by atoms with Gasteiger partial charge in [-0.2, -0.15) is 5.26 Å². The van der Waals surface area contributed by atoms with Crippen molar-refractivity contribution in [2.75, 3.05) is 12.4 Å². The van der Waals surface area contributed by atoms with Crippen LogP contribution < -0.4 is 4.74 Å². The molecule has 2 rings (SSSR count). The van der Waals surface area contributed by atoms with E-state index >= 15 is 0 Å². The molecule has 0 bridgehead atoms. The molecule has 2 aromatic carbocycles. The number of hydrogen-bond acceptors (Lipinski definition) is 4. The minimum absolute atomic E-state index is 0.0456. The SMILES string of the molecule is N#Cc1ccc(S(=O)(=O)CCOc2ccc(Cl)cc2)cc1. The molecule has 2 aromatic rings. The molecule has 0 spiro atoms. The summed E-state index contributed by atoms with van der Waals surface area (Å²) in [4.78, 5) is 0.182. The molecule has 0 heterocycles. The first-order valence-corrected chi connectivity index (χ1v) is 8.15. The molecule has 4 nitrogen and oxygen atoms in total. The number of ether oxygens (including phenoxy) is 1. The summed E-state index contributed by atoms with van der Waals surface area (Å²) in [7, 11) is -3.42. The normalized spacial score (nSPS) is 10.9. The van der Waals surface area contributed by atoms with Gasteiger partial charge in [-0.3, -0.25) is 0 Å². The van der Waals surface area contributed by atoms with Crippen LogP contribution in [0.5, 0.6) is 5.75 Å². The van der Waals surface area contributed by atoms with Crippen molar-refractivity contribution in [3.63, 3.8) is 0 Å². The van der Waals surface area contributed by atoms with E-state index in [0.29, 0.717) is 16.3 Å². The molecular formula is C15H12ClNO3S. The molecule has 0 aromatic heterocycles. The van der Waals surface area contributed by atoms with Crippen LogP contribution in [-0.2, 0) is 9.84 Å². The summed E-state index contributed by atoms with van der Waals surface area (Å²) < 4.78 is 29.6. The monoisotopic (exact) mass is 321 g/mol. The predicted octanol–water partition coefficient (Wildman–Crippen LogP) is 3.06. The second kappa shape index (κ2) is 6.61. The van der Waals surface area contributed by atoms with E-state index in [9.17, 15) is 8.42 Å². The molecule has 0 fully saturated rings. The smallest absolute Gasteiger partial charge is 0.181 e. The van der Waals surface area contributed by atoms with Crippen LogP contribution in [0, 0.1) is 11.3 Å². The summed E-state index contributed by atoms with van der Waals surface area (Å²) in [5, 5.41) is 9.28. The summed E-state index contributed by atoms with van der Waals surface area (Å²) in [6.45, 7) is 0.0456. The Labute approximate surface area is 128 Å². The molecule has 0 N–H and O–H groups in total. The molecule has 108 valence electrons. The number of benzene rings is 2. The standard InChI is InChI=1S/C15H12ClNO3S/c16-13-3-5-14(6-4-13)20-9-10-21(18,19)15-7-1-12(11-17)2-8-15/h1-8H,9-10H2. The molecule has 6 heteroatoms. The van der Waals surface area contributed by atoms with E-state index in [1.54, 1.807) is 24.3 Å². The van der Waals surface area contributed by atoms with Gasteiger partial charge in [-0.15, -0.1) is 0 Å². The first-order valence-electron chi connectivity index (χ1n) is 6.12. The summed E-state index contributed by atoms with van der Waals surface area (Å²) >= 11 is 5.75. The van der Waals surface area contributed by atoms with Crippen LogP contribution >= 0.6 is 11.6 Å². The molecule has 0 unspecified atom stereocenters. The van der Waals surface area contributed by atoms with E-state index in [0.717, 1.165) is 0 Å². The van der Waals surface area contributed by atoms with Crippen molar-refractivity contribution in [3.8, 4) is 11.8 Å². The van der Waals surface area contributed by atoms with Gasteiger partial charge in [0.15, 0.2) is 9.84 Å². The van der Waals surface area contributed by atoms with Gasteiger partial charge in [0.2, 0.25) is 0 Å². The highest BCUT2D eigenvalue weighted by Gasteiger charge is 2.14. The number of rotatable bonds is 5. The molecule has 0 amide bonds. The van der Waals surface area contributed by atoms with Crippen LogP contribution in [0.2, 0.25) is 5.02 Å². The number of halogens is 1. The molecule has 0 aliphatic carbocycles. The minimum atomic E-state index is -3.42. The molecule has 0 saturated carbocycles. The molecule has 0 radical (unpaired) electrons. The van der Waals surface area contributed by atoms with Gasteiger partial charge in [0.25, 0.3) is 0 Å². The van der Waals surface area contributed by atoms with E-state index in [1.807, 2.05) is 6.07 Å². The van der Waals surface area contributed by atoms with Gasteiger partial charge in [0.1, 0.15) is 12.4 Å². The van der Waals surface area contributed by atoms with Gasteiger partial charge >= 0.3 is 0 Å². The van der Waals surface area contributed by atoms with Crippen LogP contribution in [0.15, 0.2) is 53.4 Å². The molecule has 0 aliphatic heterocycles. The van der Waals surface area contributed by atoms with Crippen LogP contribution in [0.3, 0.4) is 0 Å². The minimum Gasteiger partial charge on any atom is -0.493 e. The van der Waals surface area contributed by atoms with E-state index in [1.165, 1.54) is 24.3 Å². The number of nitriles is 1. The van der Waals surface area contributed by atoms with Gasteiger partial charge in [0.05, 0.1) is 22.3 Å². The van der Waals surface area contributed by atoms with Gasteiger partial charge < -0.3 is 4.74 Å². The Kier molecular flexibility index (Phi) is 4.84. The highest BCUT2D eigenvalue weighted by atomic mass is 35.5. The third-order valence-corrected chi connectivity index (χ3v) is 4.72. The lowest BCUT2D eigenvalue weighted by atomic mass is 10.2. The molecule has 0 aliphatic rings. The van der Waals surface area contributed by atoms with Gasteiger partial charge in [0, 0.05) is 5.02 Å². The zero-order chi connectivity index (χ0) is 15.3. The van der Waals surface area contributed by atoms with Crippen molar-refractivity contribution in [1.82, 2.24) is 0 Å². The third-order valence-electron chi connectivity index (χ3n) is 2.78. The van der Waals surface area contributed by atoms with E-state index in [-0.39, 0.29) is 17.3 Å². The van der Waals surface area contributed by atoms with Crippen LogP contribution in [0.25, 0.3) is 0 Å². The van der Waals surface area contributed by atoms with Crippen LogP contribution in [0.4, 0.5) is 0 Å². The zero-order valence-electron chi connectivity index (χ0n) is 11.0. The molecular weight excluding hydrogens is 310 g/mol. The van der Waals surface area contributed by atoms with Crippen molar-refractivity contribution in [3.05, 3.63) is 59.1 Å². The predicted molar refractivity (Wildman–Crippen MR) is 80.2 cm³/mol. The van der Waals surface area contributed by atoms with E-state index in [2.05, 4.69) is 0 Å². The summed E-state index contributed by atoms with van der Waals surface area (Å²) in [6, 6.07) is 14.5. The lowest BCUT2D eigenvalue weighted by molar-refractivity contribution is 0.341. The number of hydrogen-bond donors (Lipinski definition) is 0. The van der Waals surface area contributed by atoms with Crippen LogP contribution in [-0.4, -0.2) is 20.8 Å². The lowest BCUT2D eigenvalue weighted by Gasteiger charge is -2.07. The fraction of sp³-hybridized carbons (Fsp3) is 0.133. The second-order valence-electron chi connectivity index (χ2n) is 4.26. The van der Waals surface area contributed by atoms with Crippen LogP contribution in [0.1, 0.15) is 5.56 Å². The maximum Gasteiger partial charge on any atom is 0.181 e. The highest BCUT2D eigenvalue weighted by molar-refractivity contribution is 7.91. The van der Waals surface area contributed by atoms with Gasteiger partial charge in [-0.05, 0) is 48.5 Å². The lowest BCUT2D eigenvalue weighted by Crippen LogP contribution is -2.14. The van der Waals surface area contributed by atoms with Crippen molar-refractivity contribution in [2.45, 2.75) is 4.90 Å². The first-order chi connectivity index (χ1) is 10.0. The average molecular weight is 322 g/mol. The Hall–Kier alpha value is -2.03. The number of sulfone groups is 1. The Balaban J connectivity index is 1.97. The third kappa shape index (κ3) is 4.22. The average Bonchev–Trinajstić information content (AvgIpc) is 2.49. The van der Waals surface area contributed by atoms with Crippen molar-refractivity contribution in [1.29, 1.82) is 5.26 Å². The second-order valence-corrected chi connectivity index (χ2v) is 6.80. The fourth-order valence-electron chi connectivity index (χ4n) is 1.65. The molecule has 0 saturated heterocycles. The fourth-order valence-corrected chi connectivity index (χ4v) is 2.87. The zero-order valence-corrected chi connectivity index (χ0v) is 12.6. The molecule has 0 atom stereocenters. The summed E-state index contributed by atoms with van der Waals surface area (Å²) in [5.41, 5.74) is 0.423. The maximum absolute atomic E-state index is 12.1. The highest BCUT2D eigenvalue weighted by Crippen LogP contribution is 2.16.